The number of benzene rings is 1. The predicted molar refractivity (Wildman–Crippen MR) is 101 cm³/mol. The largest absolute Gasteiger partial charge is 0.483 e. The van der Waals surface area contributed by atoms with Crippen molar-refractivity contribution < 1.29 is 14.2 Å². The normalized spacial score (nSPS) is 29.7. The van der Waals surface area contributed by atoms with E-state index in [9.17, 15) is 0 Å². The van der Waals surface area contributed by atoms with Crippen molar-refractivity contribution in [2.45, 2.75) is 18.6 Å². The lowest BCUT2D eigenvalue weighted by Gasteiger charge is -2.46. The second-order valence-corrected chi connectivity index (χ2v) is 6.96. The molecule has 0 saturated carbocycles. The Bertz CT molecular complexity index is 708. The lowest BCUT2D eigenvalue weighted by Crippen LogP contribution is -2.58. The summed E-state index contributed by atoms with van der Waals surface area (Å²) in [5, 5.41) is 0. The Morgan fingerprint density at radius 1 is 1.12 bits per heavy atom. The van der Waals surface area contributed by atoms with Crippen molar-refractivity contribution in [2.75, 3.05) is 51.5 Å². The number of hydrogen-bond donors (Lipinski definition) is 1. The van der Waals surface area contributed by atoms with Crippen LogP contribution in [0.2, 0.25) is 0 Å². The number of aliphatic imine (C=N–C) groups is 2. The molecule has 2 unspecified atom stereocenters. The monoisotopic (exact) mass is 358 g/mol. The molecule has 1 aromatic rings. The first-order valence-electron chi connectivity index (χ1n) is 9.10. The van der Waals surface area contributed by atoms with Gasteiger partial charge in [-0.1, -0.05) is 12.1 Å². The van der Waals surface area contributed by atoms with Crippen LogP contribution in [-0.4, -0.2) is 64.5 Å². The van der Waals surface area contributed by atoms with E-state index in [1.807, 2.05) is 6.92 Å². The second-order valence-electron chi connectivity index (χ2n) is 6.96. The van der Waals surface area contributed by atoms with Crippen LogP contribution in [0.3, 0.4) is 0 Å². The molecule has 140 valence electrons. The fourth-order valence-corrected chi connectivity index (χ4v) is 4.20. The molecule has 1 aromatic carbocycles. The molecule has 0 amide bonds. The van der Waals surface area contributed by atoms with Crippen molar-refractivity contribution in [1.29, 1.82) is 0 Å². The fourth-order valence-electron chi connectivity index (χ4n) is 4.20. The maximum Gasteiger partial charge on any atom is 0.203 e. The highest BCUT2D eigenvalue weighted by molar-refractivity contribution is 6.15. The molecule has 7 nitrogen and oxygen atoms in total. The molecular weight excluding hydrogens is 332 g/mol. The first kappa shape index (κ1) is 17.5. The molecule has 2 saturated heterocycles. The second kappa shape index (κ2) is 6.98. The van der Waals surface area contributed by atoms with Crippen LogP contribution < -0.4 is 10.6 Å². The Labute approximate surface area is 153 Å². The van der Waals surface area contributed by atoms with Crippen molar-refractivity contribution in [2.24, 2.45) is 21.6 Å². The maximum absolute atomic E-state index is 5.97. The van der Waals surface area contributed by atoms with Gasteiger partial charge >= 0.3 is 0 Å². The third-order valence-corrected chi connectivity index (χ3v) is 5.63. The molecule has 0 spiro atoms. The van der Waals surface area contributed by atoms with Crippen LogP contribution in [-0.2, 0) is 19.6 Å². The standard InChI is InChI=1S/C19H26N4O3/c1-13-19(15-11-26-12-15,17(24-2)22-18(20)21-13)14-3-5-16(6-4-14)23-7-9-25-10-8-23/h3-6,15,18H,7-12,20H2,1-2H3. The number of ether oxygens (including phenoxy) is 3. The molecule has 0 aliphatic carbocycles. The van der Waals surface area contributed by atoms with Crippen LogP contribution in [0.1, 0.15) is 12.5 Å². The van der Waals surface area contributed by atoms with Gasteiger partial charge < -0.3 is 19.1 Å². The fraction of sp³-hybridized carbons (Fsp3) is 0.579. The molecule has 4 rings (SSSR count). The molecule has 2 N–H and O–H groups in total. The topological polar surface area (TPSA) is 81.7 Å². The van der Waals surface area contributed by atoms with Gasteiger partial charge in [0.1, 0.15) is 5.41 Å². The van der Waals surface area contributed by atoms with Gasteiger partial charge in [-0.05, 0) is 24.6 Å². The summed E-state index contributed by atoms with van der Waals surface area (Å²) >= 11 is 0. The quantitative estimate of drug-likeness (QED) is 0.877. The van der Waals surface area contributed by atoms with E-state index < -0.39 is 11.7 Å². The van der Waals surface area contributed by atoms with Crippen LogP contribution in [0, 0.1) is 5.92 Å². The van der Waals surface area contributed by atoms with E-state index in [1.54, 1.807) is 7.11 Å². The summed E-state index contributed by atoms with van der Waals surface area (Å²) in [4.78, 5) is 11.4. The van der Waals surface area contributed by atoms with Crippen molar-refractivity contribution >= 4 is 17.3 Å². The number of rotatable bonds is 3. The number of anilines is 1. The maximum atomic E-state index is 5.97. The predicted octanol–water partition coefficient (Wildman–Crippen LogP) is 1.17. The zero-order chi connectivity index (χ0) is 18.1. The number of hydrogen-bond acceptors (Lipinski definition) is 7. The Balaban J connectivity index is 1.73. The van der Waals surface area contributed by atoms with E-state index in [2.05, 4.69) is 39.2 Å². The van der Waals surface area contributed by atoms with Crippen LogP contribution in [0.15, 0.2) is 34.3 Å². The first-order valence-corrected chi connectivity index (χ1v) is 9.10. The number of methoxy groups -OCH3 is 1. The van der Waals surface area contributed by atoms with E-state index in [1.165, 1.54) is 5.69 Å². The van der Waals surface area contributed by atoms with E-state index >= 15 is 0 Å². The molecule has 2 atom stereocenters. The van der Waals surface area contributed by atoms with Gasteiger partial charge in [-0.25, -0.2) is 4.99 Å². The van der Waals surface area contributed by atoms with Crippen molar-refractivity contribution in [3.05, 3.63) is 29.8 Å². The summed E-state index contributed by atoms with van der Waals surface area (Å²) in [6.07, 6.45) is -0.605. The Morgan fingerprint density at radius 2 is 1.81 bits per heavy atom. The van der Waals surface area contributed by atoms with Crippen LogP contribution in [0.25, 0.3) is 0 Å². The summed E-state index contributed by atoms with van der Waals surface area (Å²) in [5.74, 6) is 0.872. The molecule has 0 bridgehead atoms. The van der Waals surface area contributed by atoms with Gasteiger partial charge in [0.25, 0.3) is 0 Å². The smallest absolute Gasteiger partial charge is 0.203 e. The van der Waals surface area contributed by atoms with Gasteiger partial charge in [-0.15, -0.1) is 0 Å². The highest BCUT2D eigenvalue weighted by Gasteiger charge is 2.53. The van der Waals surface area contributed by atoms with Gasteiger partial charge in [0.15, 0.2) is 6.29 Å². The van der Waals surface area contributed by atoms with Crippen LogP contribution in [0.4, 0.5) is 5.69 Å². The van der Waals surface area contributed by atoms with E-state index in [0.29, 0.717) is 19.1 Å². The highest BCUT2D eigenvalue weighted by atomic mass is 16.5. The average Bonchev–Trinajstić information content (AvgIpc) is 2.63. The number of nitrogens with two attached hydrogens (primary N) is 1. The third kappa shape index (κ3) is 2.71. The summed E-state index contributed by atoms with van der Waals surface area (Å²) in [6, 6.07) is 8.65. The Morgan fingerprint density at radius 3 is 2.38 bits per heavy atom. The zero-order valence-corrected chi connectivity index (χ0v) is 15.4. The minimum absolute atomic E-state index is 0.242. The molecular formula is C19H26N4O3. The van der Waals surface area contributed by atoms with Gasteiger partial charge in [0.2, 0.25) is 5.90 Å². The number of morpholine rings is 1. The van der Waals surface area contributed by atoms with Gasteiger partial charge in [0.05, 0.1) is 33.5 Å². The van der Waals surface area contributed by atoms with E-state index in [-0.39, 0.29) is 5.92 Å². The summed E-state index contributed by atoms with van der Waals surface area (Å²) in [6.45, 7) is 6.72. The first-order chi connectivity index (χ1) is 12.7. The van der Waals surface area contributed by atoms with Crippen molar-refractivity contribution in [1.82, 2.24) is 0 Å². The molecule has 3 aliphatic rings. The lowest BCUT2D eigenvalue weighted by molar-refractivity contribution is -0.0486. The van der Waals surface area contributed by atoms with E-state index in [4.69, 9.17) is 19.9 Å². The zero-order valence-electron chi connectivity index (χ0n) is 15.4. The summed E-state index contributed by atoms with van der Waals surface area (Å²) in [7, 11) is 1.65. The molecule has 3 aliphatic heterocycles. The van der Waals surface area contributed by atoms with E-state index in [0.717, 1.165) is 37.6 Å². The van der Waals surface area contributed by atoms with Crippen LogP contribution in [0.5, 0.6) is 0 Å². The highest BCUT2D eigenvalue weighted by Crippen LogP contribution is 2.42. The van der Waals surface area contributed by atoms with Gasteiger partial charge in [0, 0.05) is 30.4 Å². The number of nitrogens with zero attached hydrogens (tertiary/aromatic N) is 3. The third-order valence-electron chi connectivity index (χ3n) is 5.63. The van der Waals surface area contributed by atoms with Gasteiger partial charge in [-0.3, -0.25) is 10.7 Å². The van der Waals surface area contributed by atoms with Crippen LogP contribution >= 0.6 is 0 Å². The Hall–Kier alpha value is -1.96. The summed E-state index contributed by atoms with van der Waals surface area (Å²) < 4.78 is 16.7. The minimum atomic E-state index is -0.605. The molecule has 26 heavy (non-hydrogen) atoms. The van der Waals surface area contributed by atoms with Crippen molar-refractivity contribution in [3.63, 3.8) is 0 Å². The summed E-state index contributed by atoms with van der Waals surface area (Å²) in [5.41, 5.74) is 8.72. The minimum Gasteiger partial charge on any atom is -0.483 e. The lowest BCUT2D eigenvalue weighted by atomic mass is 9.65. The Kier molecular flexibility index (Phi) is 4.69. The average molecular weight is 358 g/mol. The molecule has 0 radical (unpaired) electrons. The van der Waals surface area contributed by atoms with Crippen molar-refractivity contribution in [3.8, 4) is 0 Å². The molecule has 2 fully saturated rings. The molecule has 3 heterocycles. The SMILES string of the molecule is COC1=NC(N)N=C(C)C1(c1ccc(N2CCOCC2)cc1)C1COC1. The molecule has 7 heteroatoms. The molecule has 0 aromatic heterocycles. The van der Waals surface area contributed by atoms with Gasteiger partial charge in [-0.2, -0.15) is 0 Å².